The second-order valence-corrected chi connectivity index (χ2v) is 3.84. The highest BCUT2D eigenvalue weighted by Crippen LogP contribution is 2.00. The zero-order valence-electron chi connectivity index (χ0n) is 9.93. The summed E-state index contributed by atoms with van der Waals surface area (Å²) < 4.78 is 4.69. The maximum Gasteiger partial charge on any atom is 0.337 e. The van der Waals surface area contributed by atoms with Gasteiger partial charge in [-0.25, -0.2) is 9.59 Å². The molecule has 100 valence electrons. The molecule has 0 fully saturated rings. The van der Waals surface area contributed by atoms with E-state index in [0.29, 0.717) is 11.7 Å². The van der Waals surface area contributed by atoms with E-state index in [9.17, 15) is 14.7 Å². The van der Waals surface area contributed by atoms with E-state index in [2.05, 4.69) is 20.8 Å². The molecule has 18 heavy (non-hydrogen) atoms. The third-order valence-corrected chi connectivity index (χ3v) is 2.03. The Balaban J connectivity index is 2.32. The van der Waals surface area contributed by atoms with Crippen LogP contribution in [0.25, 0.3) is 0 Å². The molecule has 1 rings (SSSR count). The van der Waals surface area contributed by atoms with E-state index in [0.717, 1.165) is 6.92 Å². The summed E-state index contributed by atoms with van der Waals surface area (Å²) in [6.45, 7) is 2.32. The number of carbonyl (C=O) groups excluding carboxylic acids is 1. The number of aryl methyl sites for hydroxylation is 1. The first-order valence-electron chi connectivity index (χ1n) is 5.08. The average Bonchev–Trinajstić information content (AvgIpc) is 2.69. The van der Waals surface area contributed by atoms with Gasteiger partial charge in [-0.3, -0.25) is 0 Å². The van der Waals surface area contributed by atoms with Crippen molar-refractivity contribution in [3.05, 3.63) is 11.7 Å². The maximum atomic E-state index is 11.3. The Kier molecular flexibility index (Phi) is 4.21. The van der Waals surface area contributed by atoms with Crippen molar-refractivity contribution in [1.29, 1.82) is 0 Å². The van der Waals surface area contributed by atoms with E-state index in [1.165, 1.54) is 0 Å². The molecule has 1 atom stereocenters. The van der Waals surface area contributed by atoms with Gasteiger partial charge in [-0.05, 0) is 6.92 Å². The van der Waals surface area contributed by atoms with Gasteiger partial charge in [0.15, 0.2) is 11.4 Å². The summed E-state index contributed by atoms with van der Waals surface area (Å²) >= 11 is 0. The number of carboxylic acid groups (broad SMARTS) is 1. The minimum atomic E-state index is -2.01. The third-order valence-electron chi connectivity index (χ3n) is 2.03. The number of carbonyl (C=O) groups is 2. The van der Waals surface area contributed by atoms with E-state index < -0.39 is 24.1 Å². The van der Waals surface area contributed by atoms with Crippen molar-refractivity contribution in [3.8, 4) is 0 Å². The number of aromatic nitrogens is 2. The molecule has 0 spiro atoms. The molecule has 9 nitrogen and oxygen atoms in total. The molecule has 1 unspecified atom stereocenters. The second-order valence-electron chi connectivity index (χ2n) is 3.84. The van der Waals surface area contributed by atoms with Crippen molar-refractivity contribution in [3.63, 3.8) is 0 Å². The summed E-state index contributed by atoms with van der Waals surface area (Å²) in [7, 11) is 0. The number of rotatable bonds is 5. The highest BCUT2D eigenvalue weighted by atomic mass is 16.5. The zero-order valence-corrected chi connectivity index (χ0v) is 9.93. The molecule has 0 saturated carbocycles. The van der Waals surface area contributed by atoms with Crippen LogP contribution in [0.4, 0.5) is 4.79 Å². The summed E-state index contributed by atoms with van der Waals surface area (Å²) in [5.41, 5.74) is -2.01. The molecule has 1 aromatic heterocycles. The van der Waals surface area contributed by atoms with Crippen LogP contribution in [-0.4, -0.2) is 44.5 Å². The van der Waals surface area contributed by atoms with Gasteiger partial charge in [0.1, 0.15) is 0 Å². The largest absolute Gasteiger partial charge is 0.479 e. The van der Waals surface area contributed by atoms with Gasteiger partial charge in [0, 0.05) is 6.92 Å². The Morgan fingerprint density at radius 2 is 2.11 bits per heavy atom. The number of amides is 2. The summed E-state index contributed by atoms with van der Waals surface area (Å²) in [6, 6.07) is -0.640. The number of aliphatic hydroxyl groups is 1. The van der Waals surface area contributed by atoms with Crippen molar-refractivity contribution >= 4 is 12.0 Å². The maximum absolute atomic E-state index is 11.3. The van der Waals surface area contributed by atoms with E-state index in [4.69, 9.17) is 9.63 Å². The van der Waals surface area contributed by atoms with Crippen molar-refractivity contribution in [2.24, 2.45) is 0 Å². The van der Waals surface area contributed by atoms with Crippen molar-refractivity contribution in [1.82, 2.24) is 20.8 Å². The van der Waals surface area contributed by atoms with E-state index >= 15 is 0 Å². The third kappa shape index (κ3) is 4.01. The molecule has 0 bridgehead atoms. The van der Waals surface area contributed by atoms with Crippen LogP contribution in [-0.2, 0) is 11.3 Å². The van der Waals surface area contributed by atoms with E-state index in [1.54, 1.807) is 6.92 Å². The Hall–Kier alpha value is -2.16. The lowest BCUT2D eigenvalue weighted by atomic mass is 10.1. The lowest BCUT2D eigenvalue weighted by molar-refractivity contribution is -0.155. The van der Waals surface area contributed by atoms with Crippen molar-refractivity contribution in [2.45, 2.75) is 26.0 Å². The minimum Gasteiger partial charge on any atom is -0.479 e. The number of urea groups is 1. The van der Waals surface area contributed by atoms with Crippen LogP contribution >= 0.6 is 0 Å². The van der Waals surface area contributed by atoms with Crippen LogP contribution in [0.5, 0.6) is 0 Å². The standard InChI is InChI=1S/C9H14N4O5/c1-5-12-6(13-18-5)3-10-8(16)11-4-9(2,17)7(14)15/h17H,3-4H2,1-2H3,(H,14,15)(H2,10,11,16). The molecule has 0 aliphatic rings. The predicted molar refractivity (Wildman–Crippen MR) is 57.5 cm³/mol. The summed E-state index contributed by atoms with van der Waals surface area (Å²) in [4.78, 5) is 25.7. The molecule has 1 heterocycles. The Labute approximate surface area is 102 Å². The fourth-order valence-corrected chi connectivity index (χ4v) is 0.963. The first-order valence-corrected chi connectivity index (χ1v) is 5.08. The molecule has 0 saturated heterocycles. The first-order chi connectivity index (χ1) is 8.31. The lowest BCUT2D eigenvalue weighted by Crippen LogP contribution is -2.49. The van der Waals surface area contributed by atoms with Crippen LogP contribution in [0.2, 0.25) is 0 Å². The number of aliphatic carboxylic acids is 1. The first kappa shape index (κ1) is 13.9. The van der Waals surface area contributed by atoms with E-state index in [1.807, 2.05) is 0 Å². The average molecular weight is 258 g/mol. The zero-order chi connectivity index (χ0) is 13.8. The summed E-state index contributed by atoms with van der Waals surface area (Å²) in [5, 5.41) is 26.1. The Morgan fingerprint density at radius 1 is 1.44 bits per heavy atom. The SMILES string of the molecule is Cc1nc(CNC(=O)NCC(C)(O)C(=O)O)no1. The molecule has 9 heteroatoms. The number of nitrogens with zero attached hydrogens (tertiary/aromatic N) is 2. The Bertz CT molecular complexity index is 442. The van der Waals surface area contributed by atoms with Crippen LogP contribution in [0.3, 0.4) is 0 Å². The number of hydrogen-bond acceptors (Lipinski definition) is 6. The summed E-state index contributed by atoms with van der Waals surface area (Å²) in [6.07, 6.45) is 0. The van der Waals surface area contributed by atoms with Crippen LogP contribution < -0.4 is 10.6 Å². The molecule has 4 N–H and O–H groups in total. The number of carboxylic acids is 1. The van der Waals surface area contributed by atoms with Gasteiger partial charge in [-0.1, -0.05) is 5.16 Å². The topological polar surface area (TPSA) is 138 Å². The van der Waals surface area contributed by atoms with Crippen LogP contribution in [0, 0.1) is 6.92 Å². The molecule has 1 aromatic rings. The highest BCUT2D eigenvalue weighted by Gasteiger charge is 2.30. The number of hydrogen-bond donors (Lipinski definition) is 4. The van der Waals surface area contributed by atoms with Gasteiger partial charge in [0.25, 0.3) is 0 Å². The number of nitrogens with one attached hydrogen (secondary N) is 2. The van der Waals surface area contributed by atoms with Gasteiger partial charge in [0.05, 0.1) is 13.1 Å². The van der Waals surface area contributed by atoms with Crippen LogP contribution in [0.1, 0.15) is 18.6 Å². The summed E-state index contributed by atoms with van der Waals surface area (Å²) in [5.74, 6) is -0.745. The highest BCUT2D eigenvalue weighted by molar-refractivity contribution is 5.79. The normalized spacial score (nSPS) is 13.7. The molecule has 2 amide bonds. The quantitative estimate of drug-likeness (QED) is 0.532. The second kappa shape index (κ2) is 5.45. The molecular formula is C9H14N4O5. The predicted octanol–water partition coefficient (Wildman–Crippen LogP) is -0.987. The van der Waals surface area contributed by atoms with Crippen molar-refractivity contribution in [2.75, 3.05) is 6.54 Å². The monoisotopic (exact) mass is 258 g/mol. The van der Waals surface area contributed by atoms with E-state index in [-0.39, 0.29) is 6.54 Å². The van der Waals surface area contributed by atoms with Gasteiger partial charge >= 0.3 is 12.0 Å². The van der Waals surface area contributed by atoms with Crippen LogP contribution in [0.15, 0.2) is 4.52 Å². The minimum absolute atomic E-state index is 0.0401. The molecule has 0 aromatic carbocycles. The van der Waals surface area contributed by atoms with Crippen molar-refractivity contribution < 1.29 is 24.3 Å². The van der Waals surface area contributed by atoms with Gasteiger partial charge in [-0.2, -0.15) is 4.98 Å². The lowest BCUT2D eigenvalue weighted by Gasteiger charge is -2.18. The van der Waals surface area contributed by atoms with Gasteiger partial charge < -0.3 is 25.4 Å². The Morgan fingerprint density at radius 3 is 2.61 bits per heavy atom. The molecular weight excluding hydrogens is 244 g/mol. The molecule has 0 radical (unpaired) electrons. The fourth-order valence-electron chi connectivity index (χ4n) is 0.963. The smallest absolute Gasteiger partial charge is 0.337 e. The molecule has 0 aliphatic heterocycles. The van der Waals surface area contributed by atoms with Gasteiger partial charge in [-0.15, -0.1) is 0 Å². The molecule has 0 aliphatic carbocycles. The van der Waals surface area contributed by atoms with Gasteiger partial charge in [0.2, 0.25) is 5.89 Å². The fraction of sp³-hybridized carbons (Fsp3) is 0.556.